The van der Waals surface area contributed by atoms with Gasteiger partial charge in [-0.1, -0.05) is 0 Å². The van der Waals surface area contributed by atoms with E-state index < -0.39 is 0 Å². The summed E-state index contributed by atoms with van der Waals surface area (Å²) in [4.78, 5) is 11.4. The van der Waals surface area contributed by atoms with Crippen LogP contribution < -0.4 is 5.32 Å². The van der Waals surface area contributed by atoms with Gasteiger partial charge in [0.25, 0.3) is 5.91 Å². The summed E-state index contributed by atoms with van der Waals surface area (Å²) in [6, 6.07) is 1.95. The molecule has 1 heterocycles. The van der Waals surface area contributed by atoms with E-state index in [0.717, 1.165) is 0 Å². The van der Waals surface area contributed by atoms with Gasteiger partial charge >= 0.3 is 0 Å². The zero-order valence-electron chi connectivity index (χ0n) is 9.52. The maximum Gasteiger partial charge on any atom is 0.251 e. The van der Waals surface area contributed by atoms with E-state index in [1.807, 2.05) is 19.9 Å². The minimum Gasteiger partial charge on any atom is -0.369 e. The van der Waals surface area contributed by atoms with Gasteiger partial charge in [0.05, 0.1) is 6.10 Å². The predicted octanol–water partition coefficient (Wildman–Crippen LogP) is 0.655. The van der Waals surface area contributed by atoms with Crippen molar-refractivity contribution in [3.05, 3.63) is 11.8 Å². The molecule has 0 fully saturated rings. The van der Waals surface area contributed by atoms with Crippen LogP contribution in [0.1, 0.15) is 19.4 Å². The normalized spacial score (nSPS) is 10.2. The number of anilines is 1. The molecule has 0 aliphatic carbocycles. The quantitative estimate of drug-likeness (QED) is 0.811. The van der Waals surface area contributed by atoms with Crippen LogP contribution in [0.3, 0.4) is 0 Å². The standard InChI is InChI=1S/C10H14N4O2/c1-7(2)16-6-9(15)12-10-8(4-11)5-14(3)13-10/h5,7H,6H2,1-3H3,(H,12,13,15). The van der Waals surface area contributed by atoms with Gasteiger partial charge in [0.15, 0.2) is 5.82 Å². The third-order valence-electron chi connectivity index (χ3n) is 1.75. The minimum atomic E-state index is -0.316. The molecule has 0 saturated heterocycles. The number of nitriles is 1. The molecular weight excluding hydrogens is 208 g/mol. The van der Waals surface area contributed by atoms with Crippen LogP contribution in [0.25, 0.3) is 0 Å². The number of ether oxygens (including phenoxy) is 1. The molecule has 0 aromatic carbocycles. The molecule has 16 heavy (non-hydrogen) atoms. The number of nitrogens with zero attached hydrogens (tertiary/aromatic N) is 3. The Labute approximate surface area is 93.8 Å². The molecule has 0 spiro atoms. The Kier molecular flexibility index (Phi) is 4.03. The highest BCUT2D eigenvalue weighted by Crippen LogP contribution is 2.10. The van der Waals surface area contributed by atoms with Gasteiger partial charge in [-0.2, -0.15) is 10.4 Å². The van der Waals surface area contributed by atoms with Crippen molar-refractivity contribution in [1.29, 1.82) is 5.26 Å². The van der Waals surface area contributed by atoms with Crippen molar-refractivity contribution in [3.8, 4) is 6.07 Å². The molecule has 1 rings (SSSR count). The molecule has 0 unspecified atom stereocenters. The Bertz CT molecular complexity index is 417. The van der Waals surface area contributed by atoms with Crippen LogP contribution in [-0.2, 0) is 16.6 Å². The number of aryl methyl sites for hydroxylation is 1. The number of carbonyl (C=O) groups excluding carboxylic acids is 1. The average Bonchev–Trinajstić information content (AvgIpc) is 2.55. The number of nitrogens with one attached hydrogen (secondary N) is 1. The van der Waals surface area contributed by atoms with E-state index in [9.17, 15) is 4.79 Å². The molecule has 0 aliphatic rings. The lowest BCUT2D eigenvalue weighted by Gasteiger charge is -2.06. The Morgan fingerprint density at radius 1 is 1.75 bits per heavy atom. The van der Waals surface area contributed by atoms with E-state index in [4.69, 9.17) is 10.00 Å². The van der Waals surface area contributed by atoms with E-state index >= 15 is 0 Å². The summed E-state index contributed by atoms with van der Waals surface area (Å²) in [7, 11) is 1.68. The molecule has 1 amide bonds. The molecule has 6 nitrogen and oxygen atoms in total. The van der Waals surface area contributed by atoms with Crippen LogP contribution in [-0.4, -0.2) is 28.4 Å². The first-order chi connectivity index (χ1) is 7.52. The molecule has 0 bridgehead atoms. The van der Waals surface area contributed by atoms with Crippen LogP contribution in [0.15, 0.2) is 6.20 Å². The monoisotopic (exact) mass is 222 g/mol. The lowest BCUT2D eigenvalue weighted by molar-refractivity contribution is -0.121. The highest BCUT2D eigenvalue weighted by atomic mass is 16.5. The number of carbonyl (C=O) groups is 1. The highest BCUT2D eigenvalue weighted by molar-refractivity contribution is 5.91. The molecule has 1 aromatic heterocycles. The molecule has 6 heteroatoms. The first kappa shape index (κ1) is 12.2. The smallest absolute Gasteiger partial charge is 0.251 e. The zero-order valence-corrected chi connectivity index (χ0v) is 9.52. The van der Waals surface area contributed by atoms with Crippen LogP contribution in [0.5, 0.6) is 0 Å². The molecule has 86 valence electrons. The molecule has 1 N–H and O–H groups in total. The zero-order chi connectivity index (χ0) is 12.1. The Morgan fingerprint density at radius 3 is 3.00 bits per heavy atom. The summed E-state index contributed by atoms with van der Waals surface area (Å²) >= 11 is 0. The van der Waals surface area contributed by atoms with Crippen molar-refractivity contribution in [3.63, 3.8) is 0 Å². The molecule has 1 aromatic rings. The van der Waals surface area contributed by atoms with Crippen LogP contribution >= 0.6 is 0 Å². The number of hydrogen-bond donors (Lipinski definition) is 1. The molecule has 0 aliphatic heterocycles. The van der Waals surface area contributed by atoms with Crippen LogP contribution in [0.2, 0.25) is 0 Å². The van der Waals surface area contributed by atoms with Crippen LogP contribution in [0, 0.1) is 11.3 Å². The fraction of sp³-hybridized carbons (Fsp3) is 0.500. The predicted molar refractivity (Wildman–Crippen MR) is 57.6 cm³/mol. The first-order valence-electron chi connectivity index (χ1n) is 4.88. The van der Waals surface area contributed by atoms with Crippen molar-refractivity contribution < 1.29 is 9.53 Å². The van der Waals surface area contributed by atoms with Gasteiger partial charge in [-0.05, 0) is 13.8 Å². The van der Waals surface area contributed by atoms with Gasteiger partial charge in [0, 0.05) is 13.2 Å². The van der Waals surface area contributed by atoms with Gasteiger partial charge in [0.1, 0.15) is 18.2 Å². The SMILES string of the molecule is CC(C)OCC(=O)Nc1nn(C)cc1C#N. The van der Waals surface area contributed by atoms with E-state index in [1.54, 1.807) is 13.2 Å². The summed E-state index contributed by atoms with van der Waals surface area (Å²) < 4.78 is 6.60. The largest absolute Gasteiger partial charge is 0.369 e. The van der Waals surface area contributed by atoms with Gasteiger partial charge in [-0.15, -0.1) is 0 Å². The fourth-order valence-corrected chi connectivity index (χ4v) is 1.07. The maximum absolute atomic E-state index is 11.4. The van der Waals surface area contributed by atoms with Crippen molar-refractivity contribution >= 4 is 11.7 Å². The van der Waals surface area contributed by atoms with Gasteiger partial charge in [-0.3, -0.25) is 9.48 Å². The molecule has 0 radical (unpaired) electrons. The number of amides is 1. The van der Waals surface area contributed by atoms with Crippen molar-refractivity contribution in [1.82, 2.24) is 9.78 Å². The Hall–Kier alpha value is -1.87. The molecular formula is C10H14N4O2. The third-order valence-corrected chi connectivity index (χ3v) is 1.75. The van der Waals surface area contributed by atoms with E-state index in [-0.39, 0.29) is 24.4 Å². The number of rotatable bonds is 4. The number of hydrogen-bond acceptors (Lipinski definition) is 4. The Morgan fingerprint density at radius 2 is 2.44 bits per heavy atom. The summed E-state index contributed by atoms with van der Waals surface area (Å²) in [6.07, 6.45) is 1.53. The maximum atomic E-state index is 11.4. The van der Waals surface area contributed by atoms with E-state index in [0.29, 0.717) is 5.56 Å². The molecule has 0 atom stereocenters. The minimum absolute atomic E-state index is 0.00933. The number of aromatic nitrogens is 2. The van der Waals surface area contributed by atoms with Crippen molar-refractivity contribution in [2.24, 2.45) is 7.05 Å². The summed E-state index contributed by atoms with van der Waals surface area (Å²) in [5.41, 5.74) is 0.334. The highest BCUT2D eigenvalue weighted by Gasteiger charge is 2.11. The fourth-order valence-electron chi connectivity index (χ4n) is 1.07. The summed E-state index contributed by atoms with van der Waals surface area (Å²) in [5.74, 6) is -0.0498. The average molecular weight is 222 g/mol. The van der Waals surface area contributed by atoms with Gasteiger partial charge in [-0.25, -0.2) is 0 Å². The second-order valence-corrected chi connectivity index (χ2v) is 3.58. The summed E-state index contributed by atoms with van der Waals surface area (Å²) in [5, 5.41) is 15.3. The first-order valence-corrected chi connectivity index (χ1v) is 4.88. The van der Waals surface area contributed by atoms with Crippen LogP contribution in [0.4, 0.5) is 5.82 Å². The van der Waals surface area contributed by atoms with Crippen molar-refractivity contribution in [2.75, 3.05) is 11.9 Å². The van der Waals surface area contributed by atoms with E-state index in [2.05, 4.69) is 10.4 Å². The van der Waals surface area contributed by atoms with Gasteiger partial charge in [0.2, 0.25) is 0 Å². The third kappa shape index (κ3) is 3.37. The lowest BCUT2D eigenvalue weighted by Crippen LogP contribution is -2.21. The van der Waals surface area contributed by atoms with Crippen molar-refractivity contribution in [2.45, 2.75) is 20.0 Å². The van der Waals surface area contributed by atoms with E-state index in [1.165, 1.54) is 4.68 Å². The second kappa shape index (κ2) is 5.28. The van der Waals surface area contributed by atoms with Gasteiger partial charge < -0.3 is 10.1 Å². The second-order valence-electron chi connectivity index (χ2n) is 3.58. The summed E-state index contributed by atoms with van der Waals surface area (Å²) in [6.45, 7) is 3.64. The lowest BCUT2D eigenvalue weighted by atomic mass is 10.3. The molecule has 0 saturated carbocycles. The Balaban J connectivity index is 2.59. The topological polar surface area (TPSA) is 79.9 Å².